The van der Waals surface area contributed by atoms with Crippen LogP contribution in [0, 0.1) is 0 Å². The lowest BCUT2D eigenvalue weighted by Gasteiger charge is -2.10. The molecular weight excluding hydrogens is 261 g/mol. The Morgan fingerprint density at radius 3 is 2.43 bits per heavy atom. The molecule has 1 aliphatic rings. The third-order valence-electron chi connectivity index (χ3n) is 2.73. The molecule has 1 aromatic carbocycles. The van der Waals surface area contributed by atoms with Gasteiger partial charge in [-0.2, -0.15) is 0 Å². The molecular formula is C11H15BrClN. The van der Waals surface area contributed by atoms with Crippen LogP contribution in [0.25, 0.3) is 0 Å². The van der Waals surface area contributed by atoms with E-state index in [4.69, 9.17) is 0 Å². The van der Waals surface area contributed by atoms with Crippen LogP contribution in [0.5, 0.6) is 0 Å². The van der Waals surface area contributed by atoms with Crippen molar-refractivity contribution in [1.82, 2.24) is 4.90 Å². The zero-order valence-corrected chi connectivity index (χ0v) is 10.6. The summed E-state index contributed by atoms with van der Waals surface area (Å²) in [6, 6.07) is 8.73. The van der Waals surface area contributed by atoms with E-state index in [0.717, 1.165) is 5.92 Å². The topological polar surface area (TPSA) is 3.24 Å². The number of likely N-dealkylation sites (tertiary alicyclic amines) is 1. The van der Waals surface area contributed by atoms with E-state index in [0.29, 0.717) is 0 Å². The fourth-order valence-electron chi connectivity index (χ4n) is 1.94. The first-order valence-electron chi connectivity index (χ1n) is 4.70. The van der Waals surface area contributed by atoms with E-state index in [1.807, 2.05) is 0 Å². The minimum atomic E-state index is 0. The zero-order valence-electron chi connectivity index (χ0n) is 8.24. The van der Waals surface area contributed by atoms with Crippen LogP contribution in [0.2, 0.25) is 0 Å². The van der Waals surface area contributed by atoms with E-state index >= 15 is 0 Å². The molecule has 1 aromatic rings. The van der Waals surface area contributed by atoms with Crippen LogP contribution in [0.4, 0.5) is 0 Å². The van der Waals surface area contributed by atoms with Gasteiger partial charge in [0.2, 0.25) is 0 Å². The van der Waals surface area contributed by atoms with Crippen LogP contribution in [0.3, 0.4) is 0 Å². The number of hydrogen-bond donors (Lipinski definition) is 0. The summed E-state index contributed by atoms with van der Waals surface area (Å²) in [5.41, 5.74) is 1.48. The second-order valence-corrected chi connectivity index (χ2v) is 4.72. The SMILES string of the molecule is CN1CCC(c2ccc(Br)cc2)C1.Cl. The Bertz CT molecular complexity index is 286. The lowest BCUT2D eigenvalue weighted by atomic mass is 9.99. The molecule has 0 radical (unpaired) electrons. The van der Waals surface area contributed by atoms with Crippen LogP contribution in [-0.4, -0.2) is 25.0 Å². The summed E-state index contributed by atoms with van der Waals surface area (Å²) in [7, 11) is 2.19. The van der Waals surface area contributed by atoms with Gasteiger partial charge in [-0.1, -0.05) is 28.1 Å². The number of nitrogens with zero attached hydrogens (tertiary/aromatic N) is 1. The van der Waals surface area contributed by atoms with Crippen LogP contribution in [0.1, 0.15) is 17.9 Å². The van der Waals surface area contributed by atoms with E-state index in [9.17, 15) is 0 Å². The third kappa shape index (κ3) is 2.72. The van der Waals surface area contributed by atoms with Crippen molar-refractivity contribution < 1.29 is 0 Å². The van der Waals surface area contributed by atoms with Crippen molar-refractivity contribution in [1.29, 1.82) is 0 Å². The molecule has 1 fully saturated rings. The van der Waals surface area contributed by atoms with E-state index in [1.54, 1.807) is 0 Å². The highest BCUT2D eigenvalue weighted by molar-refractivity contribution is 9.10. The Labute approximate surface area is 100 Å². The van der Waals surface area contributed by atoms with E-state index in [2.05, 4.69) is 52.1 Å². The number of benzene rings is 1. The fourth-order valence-corrected chi connectivity index (χ4v) is 2.21. The number of hydrogen-bond acceptors (Lipinski definition) is 1. The normalized spacial score (nSPS) is 22.0. The minimum Gasteiger partial charge on any atom is -0.306 e. The lowest BCUT2D eigenvalue weighted by Crippen LogP contribution is -2.13. The van der Waals surface area contributed by atoms with Crippen molar-refractivity contribution in [2.24, 2.45) is 0 Å². The standard InChI is InChI=1S/C11H14BrN.ClH/c1-13-7-6-10(8-13)9-2-4-11(12)5-3-9;/h2-5,10H,6-8H2,1H3;1H. The molecule has 1 heterocycles. The maximum Gasteiger partial charge on any atom is 0.0175 e. The molecule has 0 spiro atoms. The molecule has 3 heteroatoms. The van der Waals surface area contributed by atoms with Gasteiger partial charge in [0.25, 0.3) is 0 Å². The first-order chi connectivity index (χ1) is 6.25. The van der Waals surface area contributed by atoms with Gasteiger partial charge >= 0.3 is 0 Å². The van der Waals surface area contributed by atoms with Gasteiger partial charge in [-0.05, 0) is 43.6 Å². The molecule has 14 heavy (non-hydrogen) atoms. The molecule has 78 valence electrons. The highest BCUT2D eigenvalue weighted by Gasteiger charge is 2.20. The molecule has 2 rings (SSSR count). The molecule has 1 unspecified atom stereocenters. The first-order valence-corrected chi connectivity index (χ1v) is 5.49. The van der Waals surface area contributed by atoms with Crippen molar-refractivity contribution in [2.45, 2.75) is 12.3 Å². The zero-order chi connectivity index (χ0) is 9.26. The predicted molar refractivity (Wildman–Crippen MR) is 66.2 cm³/mol. The number of rotatable bonds is 1. The Kier molecular flexibility index (Phi) is 4.42. The second kappa shape index (κ2) is 5.15. The van der Waals surface area contributed by atoms with E-state index in [-0.39, 0.29) is 12.4 Å². The number of halogens is 2. The molecule has 0 N–H and O–H groups in total. The van der Waals surface area contributed by atoms with Crippen LogP contribution in [-0.2, 0) is 0 Å². The summed E-state index contributed by atoms with van der Waals surface area (Å²) in [5.74, 6) is 0.748. The maximum atomic E-state index is 3.46. The Morgan fingerprint density at radius 1 is 1.29 bits per heavy atom. The van der Waals surface area contributed by atoms with Gasteiger partial charge < -0.3 is 4.90 Å². The highest BCUT2D eigenvalue weighted by atomic mass is 79.9. The summed E-state index contributed by atoms with van der Waals surface area (Å²) in [6.07, 6.45) is 1.30. The predicted octanol–water partition coefficient (Wildman–Crippen LogP) is 3.29. The van der Waals surface area contributed by atoms with E-state index in [1.165, 1.54) is 29.5 Å². The van der Waals surface area contributed by atoms with Crippen molar-refractivity contribution in [3.63, 3.8) is 0 Å². The summed E-state index contributed by atoms with van der Waals surface area (Å²) < 4.78 is 1.17. The smallest absolute Gasteiger partial charge is 0.0175 e. The average molecular weight is 277 g/mol. The molecule has 1 saturated heterocycles. The molecule has 0 saturated carbocycles. The Morgan fingerprint density at radius 2 is 1.93 bits per heavy atom. The van der Waals surface area contributed by atoms with Crippen LogP contribution < -0.4 is 0 Å². The summed E-state index contributed by atoms with van der Waals surface area (Å²) in [5, 5.41) is 0. The van der Waals surface area contributed by atoms with Crippen molar-refractivity contribution in [3.8, 4) is 0 Å². The molecule has 1 nitrogen and oxygen atoms in total. The average Bonchev–Trinajstić information content (AvgIpc) is 2.53. The van der Waals surface area contributed by atoms with Gasteiger partial charge in [0.05, 0.1) is 0 Å². The van der Waals surface area contributed by atoms with Gasteiger partial charge in [-0.3, -0.25) is 0 Å². The van der Waals surface area contributed by atoms with Gasteiger partial charge in [0.15, 0.2) is 0 Å². The van der Waals surface area contributed by atoms with Crippen molar-refractivity contribution >= 4 is 28.3 Å². The maximum absolute atomic E-state index is 3.46. The van der Waals surface area contributed by atoms with Crippen molar-refractivity contribution in [2.75, 3.05) is 20.1 Å². The minimum absolute atomic E-state index is 0. The Balaban J connectivity index is 0.000000980. The summed E-state index contributed by atoms with van der Waals surface area (Å²) in [4.78, 5) is 2.40. The first kappa shape index (κ1) is 12.0. The van der Waals surface area contributed by atoms with Crippen molar-refractivity contribution in [3.05, 3.63) is 34.3 Å². The lowest BCUT2D eigenvalue weighted by molar-refractivity contribution is 0.411. The molecule has 0 aliphatic carbocycles. The third-order valence-corrected chi connectivity index (χ3v) is 3.26. The summed E-state index contributed by atoms with van der Waals surface area (Å²) in [6.45, 7) is 2.45. The van der Waals surface area contributed by atoms with Gasteiger partial charge in [0.1, 0.15) is 0 Å². The highest BCUT2D eigenvalue weighted by Crippen LogP contribution is 2.26. The quantitative estimate of drug-likeness (QED) is 0.761. The van der Waals surface area contributed by atoms with Crippen LogP contribution in [0.15, 0.2) is 28.7 Å². The Hall–Kier alpha value is -0.0500. The molecule has 1 aliphatic heterocycles. The molecule has 0 amide bonds. The molecule has 1 atom stereocenters. The van der Waals surface area contributed by atoms with Gasteiger partial charge in [-0.25, -0.2) is 0 Å². The van der Waals surface area contributed by atoms with Gasteiger partial charge in [-0.15, -0.1) is 12.4 Å². The van der Waals surface area contributed by atoms with Crippen LogP contribution >= 0.6 is 28.3 Å². The largest absolute Gasteiger partial charge is 0.306 e. The molecule has 0 bridgehead atoms. The fraction of sp³-hybridized carbons (Fsp3) is 0.455. The second-order valence-electron chi connectivity index (χ2n) is 3.80. The number of likely N-dealkylation sites (N-methyl/N-ethyl adjacent to an activating group) is 1. The van der Waals surface area contributed by atoms with Gasteiger partial charge in [0, 0.05) is 11.0 Å². The summed E-state index contributed by atoms with van der Waals surface area (Å²) >= 11 is 3.46. The monoisotopic (exact) mass is 275 g/mol. The molecule has 0 aromatic heterocycles. The van der Waals surface area contributed by atoms with E-state index < -0.39 is 0 Å².